The monoisotopic (exact) mass is 434 g/mol. The first kappa shape index (κ1) is 19.9. The van der Waals surface area contributed by atoms with E-state index in [9.17, 15) is 4.79 Å². The molecule has 30 heavy (non-hydrogen) atoms. The molecule has 1 aromatic heterocycles. The predicted molar refractivity (Wildman–Crippen MR) is 124 cm³/mol. The van der Waals surface area contributed by atoms with Crippen LogP contribution in [0.2, 0.25) is 10.0 Å². The van der Waals surface area contributed by atoms with Crippen molar-refractivity contribution in [3.8, 4) is 0 Å². The summed E-state index contributed by atoms with van der Waals surface area (Å²) in [4.78, 5) is 20.5. The van der Waals surface area contributed by atoms with Crippen LogP contribution in [0, 0.1) is 0 Å². The molecule has 0 unspecified atom stereocenters. The summed E-state index contributed by atoms with van der Waals surface area (Å²) in [5, 5.41) is 6.16. The van der Waals surface area contributed by atoms with Gasteiger partial charge in [0.15, 0.2) is 0 Å². The predicted octanol–water partition coefficient (Wildman–Crippen LogP) is 5.99. The number of para-hydroxylation sites is 1. The maximum absolute atomic E-state index is 12.8. The second-order valence-corrected chi connectivity index (χ2v) is 7.33. The fraction of sp³-hybridized carbons (Fsp3) is 0. The van der Waals surface area contributed by atoms with Crippen molar-refractivity contribution < 1.29 is 4.79 Å². The molecule has 0 spiro atoms. The summed E-state index contributed by atoms with van der Waals surface area (Å²) in [6, 6.07) is 22.0. The van der Waals surface area contributed by atoms with E-state index in [0.717, 1.165) is 22.0 Å². The molecule has 0 fully saturated rings. The van der Waals surface area contributed by atoms with Crippen LogP contribution in [-0.2, 0) is 0 Å². The summed E-state index contributed by atoms with van der Waals surface area (Å²) in [6.45, 7) is 0. The molecule has 148 valence electrons. The van der Waals surface area contributed by atoms with Crippen LogP contribution < -0.4 is 5.43 Å². The Kier molecular flexibility index (Phi) is 5.93. The number of aliphatic imine (C=N–C) groups is 1. The highest BCUT2D eigenvalue weighted by molar-refractivity contribution is 6.30. The molecule has 0 radical (unpaired) electrons. The van der Waals surface area contributed by atoms with Crippen LogP contribution in [0.3, 0.4) is 0 Å². The largest absolute Gasteiger partial charge is 0.349 e. The molecule has 0 saturated carbocycles. The number of hydrogen-bond acceptors (Lipinski definition) is 3. The second-order valence-electron chi connectivity index (χ2n) is 6.45. The summed E-state index contributed by atoms with van der Waals surface area (Å²) in [7, 11) is 0. The number of carbonyl (C=O) groups is 1. The van der Waals surface area contributed by atoms with E-state index in [1.54, 1.807) is 36.7 Å². The number of rotatable bonds is 5. The molecule has 4 rings (SSSR count). The van der Waals surface area contributed by atoms with E-state index in [-0.39, 0.29) is 5.91 Å². The Hall–Kier alpha value is -3.41. The molecule has 0 atom stereocenters. The van der Waals surface area contributed by atoms with E-state index in [0.29, 0.717) is 21.4 Å². The summed E-state index contributed by atoms with van der Waals surface area (Å²) in [5.74, 6) is -0.389. The number of nitrogens with one attached hydrogen (secondary N) is 2. The third-order valence-electron chi connectivity index (χ3n) is 4.37. The van der Waals surface area contributed by atoms with Crippen molar-refractivity contribution in [3.05, 3.63) is 99.7 Å². The van der Waals surface area contributed by atoms with Crippen molar-refractivity contribution in [1.29, 1.82) is 0 Å². The third-order valence-corrected chi connectivity index (χ3v) is 4.87. The Labute approximate surface area is 183 Å². The molecule has 3 aromatic carbocycles. The van der Waals surface area contributed by atoms with E-state index >= 15 is 0 Å². The lowest BCUT2D eigenvalue weighted by Crippen LogP contribution is -2.18. The minimum Gasteiger partial charge on any atom is -0.349 e. The zero-order chi connectivity index (χ0) is 20.9. The number of aromatic amines is 1. The van der Waals surface area contributed by atoms with E-state index in [1.807, 2.05) is 48.5 Å². The highest BCUT2D eigenvalue weighted by Gasteiger charge is 2.16. The molecular weight excluding hydrogens is 419 g/mol. The fourth-order valence-electron chi connectivity index (χ4n) is 2.88. The first-order valence-electron chi connectivity index (χ1n) is 9.09. The van der Waals surface area contributed by atoms with Gasteiger partial charge in [0.2, 0.25) is 0 Å². The van der Waals surface area contributed by atoms with E-state index < -0.39 is 0 Å². The molecule has 1 amide bonds. The van der Waals surface area contributed by atoms with Gasteiger partial charge in [-0.15, -0.1) is 0 Å². The number of nitrogens with zero attached hydrogens (tertiary/aromatic N) is 2. The van der Waals surface area contributed by atoms with Gasteiger partial charge in [0.05, 0.1) is 6.21 Å². The average molecular weight is 435 g/mol. The molecule has 0 bridgehead atoms. The number of hydrazone groups is 1. The molecule has 1 heterocycles. The van der Waals surface area contributed by atoms with Crippen LogP contribution in [0.25, 0.3) is 10.9 Å². The lowest BCUT2D eigenvalue weighted by molar-refractivity contribution is 0.0951. The van der Waals surface area contributed by atoms with Gasteiger partial charge in [-0.2, -0.15) is 5.10 Å². The fourth-order valence-corrected chi connectivity index (χ4v) is 3.14. The number of hydrogen-bond donors (Lipinski definition) is 2. The van der Waals surface area contributed by atoms with E-state index in [2.05, 4.69) is 20.5 Å². The molecule has 0 aliphatic carbocycles. The van der Waals surface area contributed by atoms with Gasteiger partial charge in [0.1, 0.15) is 11.4 Å². The molecule has 7 heteroatoms. The van der Waals surface area contributed by atoms with Gasteiger partial charge in [0.25, 0.3) is 5.91 Å². The first-order chi connectivity index (χ1) is 14.6. The average Bonchev–Trinajstić information content (AvgIpc) is 3.13. The number of carbonyl (C=O) groups excluding carboxylic acids is 1. The zero-order valence-corrected chi connectivity index (χ0v) is 17.2. The Morgan fingerprint density at radius 1 is 0.833 bits per heavy atom. The van der Waals surface area contributed by atoms with Gasteiger partial charge >= 0.3 is 0 Å². The van der Waals surface area contributed by atoms with Crippen molar-refractivity contribution in [1.82, 2.24) is 10.4 Å². The van der Waals surface area contributed by atoms with Gasteiger partial charge in [-0.1, -0.05) is 65.7 Å². The quantitative estimate of drug-likeness (QED) is 0.294. The van der Waals surface area contributed by atoms with Crippen LogP contribution in [0.1, 0.15) is 21.6 Å². The normalized spacial score (nSPS) is 11.5. The second kappa shape index (κ2) is 8.95. The summed E-state index contributed by atoms with van der Waals surface area (Å²) in [5.41, 5.74) is 5.92. The van der Waals surface area contributed by atoms with Gasteiger partial charge in [-0.05, 0) is 41.5 Å². The van der Waals surface area contributed by atoms with Gasteiger partial charge in [-0.25, -0.2) is 5.43 Å². The van der Waals surface area contributed by atoms with Crippen LogP contribution >= 0.6 is 23.2 Å². The van der Waals surface area contributed by atoms with Crippen molar-refractivity contribution in [2.75, 3.05) is 0 Å². The summed E-state index contributed by atoms with van der Waals surface area (Å²) >= 11 is 11.8. The Morgan fingerprint density at radius 3 is 2.10 bits per heavy atom. The van der Waals surface area contributed by atoms with Crippen molar-refractivity contribution >= 4 is 58.1 Å². The Bertz CT molecular complexity index is 1240. The van der Waals surface area contributed by atoms with Gasteiger partial charge in [-0.3, -0.25) is 9.79 Å². The van der Waals surface area contributed by atoms with Crippen LogP contribution in [0.5, 0.6) is 0 Å². The number of fused-ring (bicyclic) bond motifs is 1. The maximum Gasteiger partial charge on any atom is 0.290 e. The number of H-pyrrole nitrogens is 1. The van der Waals surface area contributed by atoms with Crippen molar-refractivity contribution in [2.24, 2.45) is 10.1 Å². The number of halogens is 2. The maximum atomic E-state index is 12.8. The smallest absolute Gasteiger partial charge is 0.290 e. The van der Waals surface area contributed by atoms with Crippen LogP contribution in [0.15, 0.2) is 82.9 Å². The van der Waals surface area contributed by atoms with Crippen molar-refractivity contribution in [3.63, 3.8) is 0 Å². The lowest BCUT2D eigenvalue weighted by Gasteiger charge is -2.00. The molecule has 4 aromatic rings. The molecule has 0 saturated heterocycles. The first-order valence-corrected chi connectivity index (χ1v) is 9.85. The highest BCUT2D eigenvalue weighted by Crippen LogP contribution is 2.30. The molecule has 5 nitrogen and oxygen atoms in total. The number of aromatic nitrogens is 1. The Balaban J connectivity index is 1.61. The molecule has 0 aliphatic rings. The standard InChI is InChI=1S/C23H16Cl2N4O/c24-17-9-5-15(6-10-17)13-26-21-19-3-1-2-4-20(19)28-22(21)23(30)29-27-14-16-7-11-18(25)12-8-16/h1-14,28H,(H,29,30)/b26-13?,27-14+. The zero-order valence-electron chi connectivity index (χ0n) is 15.6. The third kappa shape index (κ3) is 4.59. The molecule has 2 N–H and O–H groups in total. The number of amides is 1. The van der Waals surface area contributed by atoms with Gasteiger partial charge < -0.3 is 4.98 Å². The topological polar surface area (TPSA) is 69.6 Å². The molecular formula is C23H16Cl2N4O. The highest BCUT2D eigenvalue weighted by atomic mass is 35.5. The minimum absolute atomic E-state index is 0.328. The van der Waals surface area contributed by atoms with Crippen LogP contribution in [-0.4, -0.2) is 23.3 Å². The summed E-state index contributed by atoms with van der Waals surface area (Å²) < 4.78 is 0. The van der Waals surface area contributed by atoms with E-state index in [4.69, 9.17) is 23.2 Å². The van der Waals surface area contributed by atoms with Crippen LogP contribution in [0.4, 0.5) is 5.69 Å². The lowest BCUT2D eigenvalue weighted by atomic mass is 10.2. The van der Waals surface area contributed by atoms with E-state index in [1.165, 1.54) is 0 Å². The minimum atomic E-state index is -0.389. The Morgan fingerprint density at radius 2 is 1.43 bits per heavy atom. The van der Waals surface area contributed by atoms with Gasteiger partial charge in [0, 0.05) is 27.2 Å². The van der Waals surface area contributed by atoms with Crippen molar-refractivity contribution in [2.45, 2.75) is 0 Å². The molecule has 0 aliphatic heterocycles. The number of benzene rings is 3. The summed E-state index contributed by atoms with van der Waals surface area (Å²) in [6.07, 6.45) is 3.24. The SMILES string of the molecule is O=C(N/N=C/c1ccc(Cl)cc1)c1[nH]c2ccccc2c1N=Cc1ccc(Cl)cc1.